The molecule has 0 spiro atoms. The molecule has 1 aromatic heterocycles. The topological polar surface area (TPSA) is 88.8 Å². The van der Waals surface area contributed by atoms with Gasteiger partial charge in [0.25, 0.3) is 0 Å². The standard InChI is InChI=1S/C13H14NO2.CH4O4S/c1-15-14-9-7-13(8-10-14)16-11-12-5-3-2-4-6-12;1-5-6(2,3)4/h2-10H,11H2,1H3;1H3,(H,2,3,4)/q+1;/p-1. The molecule has 0 aliphatic carbocycles. The maximum absolute atomic E-state index is 9.22. The molecule has 0 aliphatic heterocycles. The van der Waals surface area contributed by atoms with E-state index in [0.717, 1.165) is 18.4 Å². The van der Waals surface area contributed by atoms with Crippen LogP contribution in [0.15, 0.2) is 54.9 Å². The first kappa shape index (κ1) is 17.9. The number of hydrogen-bond acceptors (Lipinski definition) is 6. The Morgan fingerprint density at radius 2 is 1.59 bits per heavy atom. The van der Waals surface area contributed by atoms with Crippen LogP contribution in [-0.4, -0.2) is 27.2 Å². The van der Waals surface area contributed by atoms with Gasteiger partial charge in [-0.2, -0.15) is 0 Å². The molecule has 120 valence electrons. The zero-order chi connectivity index (χ0) is 16.4. The molecule has 0 unspecified atom stereocenters. The largest absolute Gasteiger partial charge is 0.726 e. The average Bonchev–Trinajstić information content (AvgIpc) is 2.54. The van der Waals surface area contributed by atoms with E-state index in [2.05, 4.69) is 4.18 Å². The third-order valence-corrected chi connectivity index (χ3v) is 2.84. The van der Waals surface area contributed by atoms with Gasteiger partial charge in [0.05, 0.1) is 7.11 Å². The van der Waals surface area contributed by atoms with Crippen LogP contribution >= 0.6 is 0 Å². The van der Waals surface area contributed by atoms with Crippen molar-refractivity contribution in [1.82, 2.24) is 0 Å². The quantitative estimate of drug-likeness (QED) is 0.456. The summed E-state index contributed by atoms with van der Waals surface area (Å²) in [5.41, 5.74) is 1.16. The lowest BCUT2D eigenvalue weighted by Crippen LogP contribution is -2.39. The zero-order valence-electron chi connectivity index (χ0n) is 12.2. The second-order valence-electron chi connectivity index (χ2n) is 3.93. The van der Waals surface area contributed by atoms with E-state index < -0.39 is 10.4 Å². The number of hydrogen-bond donors (Lipinski definition) is 0. The van der Waals surface area contributed by atoms with Gasteiger partial charge >= 0.3 is 0 Å². The summed E-state index contributed by atoms with van der Waals surface area (Å²) in [5.74, 6) is 0.831. The minimum absolute atomic E-state index is 0.581. The molecule has 0 radical (unpaired) electrons. The Hall–Kier alpha value is -2.16. The number of rotatable bonds is 5. The average molecular weight is 327 g/mol. The fourth-order valence-electron chi connectivity index (χ4n) is 1.36. The molecule has 0 saturated heterocycles. The number of pyridine rings is 1. The lowest BCUT2D eigenvalue weighted by molar-refractivity contribution is -0.885. The Labute approximate surface area is 129 Å². The summed E-state index contributed by atoms with van der Waals surface area (Å²) in [4.78, 5) is 4.99. The summed E-state index contributed by atoms with van der Waals surface area (Å²) in [6.45, 7) is 0.581. The van der Waals surface area contributed by atoms with Gasteiger partial charge in [-0.1, -0.05) is 30.3 Å². The van der Waals surface area contributed by atoms with Crippen LogP contribution in [-0.2, 0) is 21.2 Å². The van der Waals surface area contributed by atoms with Gasteiger partial charge in [0.15, 0.2) is 0 Å². The molecule has 0 amide bonds. The zero-order valence-corrected chi connectivity index (χ0v) is 13.0. The van der Waals surface area contributed by atoms with Crippen molar-refractivity contribution in [3.05, 3.63) is 60.4 Å². The Morgan fingerprint density at radius 3 is 2.05 bits per heavy atom. The van der Waals surface area contributed by atoms with E-state index in [1.165, 1.54) is 0 Å². The maximum atomic E-state index is 9.22. The predicted molar refractivity (Wildman–Crippen MR) is 76.6 cm³/mol. The fourth-order valence-corrected chi connectivity index (χ4v) is 1.36. The van der Waals surface area contributed by atoms with E-state index >= 15 is 0 Å². The smallest absolute Gasteiger partial charge is 0.226 e. The SMILES string of the molecule is COS(=O)(=O)[O-].CO[n+]1ccc(OCc2ccccc2)cc1. The summed E-state index contributed by atoms with van der Waals surface area (Å²) in [5, 5.41) is 0. The molecule has 22 heavy (non-hydrogen) atoms. The van der Waals surface area contributed by atoms with Crippen molar-refractivity contribution in [2.75, 3.05) is 14.2 Å². The van der Waals surface area contributed by atoms with Crippen molar-refractivity contribution >= 4 is 10.4 Å². The van der Waals surface area contributed by atoms with Crippen LogP contribution in [0.3, 0.4) is 0 Å². The number of benzene rings is 1. The van der Waals surface area contributed by atoms with E-state index in [0.29, 0.717) is 6.61 Å². The second kappa shape index (κ2) is 8.98. The minimum atomic E-state index is -4.41. The Bertz CT molecular complexity index is 643. The van der Waals surface area contributed by atoms with E-state index in [9.17, 15) is 13.0 Å². The molecular weight excluding hydrogens is 310 g/mol. The van der Waals surface area contributed by atoms with Crippen LogP contribution in [0.25, 0.3) is 0 Å². The molecule has 0 bridgehead atoms. The maximum Gasteiger partial charge on any atom is 0.226 e. The highest BCUT2D eigenvalue weighted by Crippen LogP contribution is 2.09. The highest BCUT2D eigenvalue weighted by atomic mass is 32.3. The molecule has 7 nitrogen and oxygen atoms in total. The van der Waals surface area contributed by atoms with Crippen molar-refractivity contribution in [2.45, 2.75) is 6.61 Å². The highest BCUT2D eigenvalue weighted by molar-refractivity contribution is 7.80. The van der Waals surface area contributed by atoms with Crippen molar-refractivity contribution in [2.24, 2.45) is 0 Å². The van der Waals surface area contributed by atoms with Crippen LogP contribution in [0, 0.1) is 0 Å². The van der Waals surface area contributed by atoms with Crippen molar-refractivity contribution in [3.63, 3.8) is 0 Å². The molecule has 8 heteroatoms. The molecule has 0 N–H and O–H groups in total. The van der Waals surface area contributed by atoms with Gasteiger partial charge < -0.3 is 9.29 Å². The van der Waals surface area contributed by atoms with Crippen molar-refractivity contribution in [3.8, 4) is 5.75 Å². The molecular formula is C14H17NO6S. The number of nitrogens with zero attached hydrogens (tertiary/aromatic N) is 1. The monoisotopic (exact) mass is 327 g/mol. The van der Waals surface area contributed by atoms with Gasteiger partial charge in [0.2, 0.25) is 22.8 Å². The van der Waals surface area contributed by atoms with Crippen molar-refractivity contribution < 1.29 is 31.5 Å². The van der Waals surface area contributed by atoms with E-state index in [1.54, 1.807) is 24.2 Å². The van der Waals surface area contributed by atoms with Gasteiger partial charge in [0, 0.05) is 16.9 Å². The number of ether oxygens (including phenoxy) is 1. The fraction of sp³-hybridized carbons (Fsp3) is 0.214. The van der Waals surface area contributed by atoms with E-state index in [-0.39, 0.29) is 0 Å². The Morgan fingerprint density at radius 1 is 1.05 bits per heavy atom. The lowest BCUT2D eigenvalue weighted by Gasteiger charge is -2.04. The second-order valence-corrected chi connectivity index (χ2v) is 5.08. The van der Waals surface area contributed by atoms with Crippen LogP contribution in [0.1, 0.15) is 5.56 Å². The van der Waals surface area contributed by atoms with Crippen LogP contribution in [0.2, 0.25) is 0 Å². The first-order valence-electron chi connectivity index (χ1n) is 6.18. The van der Waals surface area contributed by atoms with Crippen LogP contribution < -0.4 is 14.3 Å². The summed E-state index contributed by atoms with van der Waals surface area (Å²) in [6, 6.07) is 13.8. The third kappa shape index (κ3) is 7.58. The summed E-state index contributed by atoms with van der Waals surface area (Å²) < 4.78 is 38.3. The molecule has 1 heterocycles. The highest BCUT2D eigenvalue weighted by Gasteiger charge is 2.00. The van der Waals surface area contributed by atoms with E-state index in [4.69, 9.17) is 9.57 Å². The third-order valence-electron chi connectivity index (χ3n) is 2.43. The van der Waals surface area contributed by atoms with Gasteiger partial charge in [-0.15, -0.1) is 0 Å². The predicted octanol–water partition coefficient (Wildman–Crippen LogP) is 0.705. The summed E-state index contributed by atoms with van der Waals surface area (Å²) >= 11 is 0. The van der Waals surface area contributed by atoms with Gasteiger partial charge in [-0.3, -0.25) is 9.02 Å². The molecule has 0 aliphatic rings. The van der Waals surface area contributed by atoms with Crippen LogP contribution in [0.5, 0.6) is 5.75 Å². The van der Waals surface area contributed by atoms with E-state index in [1.807, 2.05) is 42.5 Å². The molecule has 1 aromatic carbocycles. The molecule has 0 atom stereocenters. The molecule has 2 aromatic rings. The van der Waals surface area contributed by atoms with Gasteiger partial charge in [0.1, 0.15) is 19.5 Å². The first-order valence-corrected chi connectivity index (χ1v) is 7.52. The summed E-state index contributed by atoms with van der Waals surface area (Å²) in [6.07, 6.45) is 3.61. The first-order chi connectivity index (χ1) is 10.4. The van der Waals surface area contributed by atoms with Crippen molar-refractivity contribution in [1.29, 1.82) is 0 Å². The van der Waals surface area contributed by atoms with Gasteiger partial charge in [-0.25, -0.2) is 8.42 Å². The van der Waals surface area contributed by atoms with Crippen LogP contribution in [0.4, 0.5) is 0 Å². The Kier molecular flexibility index (Phi) is 7.30. The molecule has 2 rings (SSSR count). The number of aromatic nitrogens is 1. The molecule has 0 saturated carbocycles. The lowest BCUT2D eigenvalue weighted by atomic mass is 10.2. The van der Waals surface area contributed by atoms with Gasteiger partial charge in [-0.05, 0) is 5.56 Å². The summed E-state index contributed by atoms with van der Waals surface area (Å²) in [7, 11) is -1.99. The molecule has 0 fully saturated rings. The Balaban J connectivity index is 0.000000346. The normalized spacial score (nSPS) is 10.3. The minimum Gasteiger partial charge on any atom is -0.726 e.